The van der Waals surface area contributed by atoms with E-state index in [0.717, 1.165) is 12.1 Å². The van der Waals surface area contributed by atoms with Gasteiger partial charge in [0.2, 0.25) is 0 Å². The number of hydrogen-bond acceptors (Lipinski definition) is 1. The van der Waals surface area contributed by atoms with E-state index in [-0.39, 0.29) is 11.9 Å². The van der Waals surface area contributed by atoms with E-state index in [9.17, 15) is 4.39 Å². The van der Waals surface area contributed by atoms with E-state index >= 15 is 0 Å². The van der Waals surface area contributed by atoms with Crippen molar-refractivity contribution in [2.75, 3.05) is 6.54 Å². The van der Waals surface area contributed by atoms with Crippen molar-refractivity contribution in [2.24, 2.45) is 0 Å². The van der Waals surface area contributed by atoms with Crippen molar-refractivity contribution in [1.29, 1.82) is 0 Å². The highest BCUT2D eigenvalue weighted by molar-refractivity contribution is 5.19. The first-order valence-corrected chi connectivity index (χ1v) is 4.87. The van der Waals surface area contributed by atoms with Crippen LogP contribution in [0.25, 0.3) is 0 Å². The van der Waals surface area contributed by atoms with Gasteiger partial charge in [-0.2, -0.15) is 0 Å². The highest BCUT2D eigenvalue weighted by atomic mass is 19.1. The molecule has 0 heterocycles. The average Bonchev–Trinajstić information content (AvgIpc) is 2.20. The predicted octanol–water partition coefficient (Wildman–Crippen LogP) is 2.53. The van der Waals surface area contributed by atoms with E-state index in [2.05, 4.69) is 11.9 Å². The molecule has 1 rings (SSSR count). The van der Waals surface area contributed by atoms with Crippen molar-refractivity contribution in [3.8, 4) is 0 Å². The van der Waals surface area contributed by atoms with Crippen LogP contribution in [0.15, 0.2) is 36.9 Å². The maximum atomic E-state index is 13.3. The van der Waals surface area contributed by atoms with Crippen LogP contribution < -0.4 is 5.32 Å². The Hall–Kier alpha value is -1.15. The quantitative estimate of drug-likeness (QED) is 0.708. The van der Waals surface area contributed by atoms with Gasteiger partial charge in [0.15, 0.2) is 0 Å². The third-order valence-electron chi connectivity index (χ3n) is 2.15. The van der Waals surface area contributed by atoms with Gasteiger partial charge in [0.05, 0.1) is 0 Å². The predicted molar refractivity (Wildman–Crippen MR) is 57.8 cm³/mol. The number of nitrogens with one attached hydrogen (secondary N) is 1. The van der Waals surface area contributed by atoms with E-state index in [0.29, 0.717) is 6.42 Å². The van der Waals surface area contributed by atoms with Gasteiger partial charge in [-0.15, -0.1) is 6.58 Å². The molecular weight excluding hydrogens is 177 g/mol. The van der Waals surface area contributed by atoms with E-state index in [1.807, 2.05) is 25.1 Å². The minimum Gasteiger partial charge on any atom is -0.310 e. The van der Waals surface area contributed by atoms with Crippen LogP contribution in [0.1, 0.15) is 12.5 Å². The molecule has 0 radical (unpaired) electrons. The summed E-state index contributed by atoms with van der Waals surface area (Å²) in [7, 11) is 0. The molecule has 0 aliphatic heterocycles. The molecule has 0 saturated carbocycles. The van der Waals surface area contributed by atoms with E-state index in [1.165, 1.54) is 6.07 Å². The SMILES string of the molecule is C=CC(Cc1ccccc1F)NCC. The molecule has 0 aliphatic rings. The van der Waals surface area contributed by atoms with Crippen LogP contribution in [-0.2, 0) is 6.42 Å². The third kappa shape index (κ3) is 2.96. The highest BCUT2D eigenvalue weighted by Gasteiger charge is 2.06. The van der Waals surface area contributed by atoms with Gasteiger partial charge < -0.3 is 5.32 Å². The second-order valence-electron chi connectivity index (χ2n) is 3.20. The van der Waals surface area contributed by atoms with Crippen LogP contribution in [0.3, 0.4) is 0 Å². The van der Waals surface area contributed by atoms with Crippen molar-refractivity contribution in [1.82, 2.24) is 5.32 Å². The maximum absolute atomic E-state index is 13.3. The molecule has 14 heavy (non-hydrogen) atoms. The summed E-state index contributed by atoms with van der Waals surface area (Å²) in [6.07, 6.45) is 2.47. The Morgan fingerprint density at radius 1 is 1.50 bits per heavy atom. The Balaban J connectivity index is 2.66. The summed E-state index contributed by atoms with van der Waals surface area (Å²) in [5.41, 5.74) is 0.735. The van der Waals surface area contributed by atoms with Gasteiger partial charge in [0.1, 0.15) is 5.82 Å². The van der Waals surface area contributed by atoms with Gasteiger partial charge in [0, 0.05) is 6.04 Å². The fourth-order valence-electron chi connectivity index (χ4n) is 1.40. The van der Waals surface area contributed by atoms with Crippen molar-refractivity contribution in [3.63, 3.8) is 0 Å². The fraction of sp³-hybridized carbons (Fsp3) is 0.333. The second-order valence-corrected chi connectivity index (χ2v) is 3.20. The molecule has 0 aliphatic carbocycles. The normalized spacial score (nSPS) is 12.4. The summed E-state index contributed by atoms with van der Waals surface area (Å²) in [6, 6.07) is 7.00. The van der Waals surface area contributed by atoms with Gasteiger partial charge in [-0.1, -0.05) is 31.2 Å². The summed E-state index contributed by atoms with van der Waals surface area (Å²) in [5, 5.41) is 3.22. The topological polar surface area (TPSA) is 12.0 Å². The fourth-order valence-corrected chi connectivity index (χ4v) is 1.40. The Bertz CT molecular complexity index is 296. The lowest BCUT2D eigenvalue weighted by Gasteiger charge is -2.13. The van der Waals surface area contributed by atoms with Crippen molar-refractivity contribution in [2.45, 2.75) is 19.4 Å². The molecule has 1 nitrogen and oxygen atoms in total. The number of hydrogen-bond donors (Lipinski definition) is 1. The van der Waals surface area contributed by atoms with E-state index in [4.69, 9.17) is 0 Å². The lowest BCUT2D eigenvalue weighted by molar-refractivity contribution is 0.570. The molecule has 0 amide bonds. The highest BCUT2D eigenvalue weighted by Crippen LogP contribution is 2.09. The van der Waals surface area contributed by atoms with Crippen LogP contribution in [-0.4, -0.2) is 12.6 Å². The molecular formula is C12H16FN. The zero-order valence-corrected chi connectivity index (χ0v) is 8.46. The molecule has 0 aromatic heterocycles. The summed E-state index contributed by atoms with van der Waals surface area (Å²) < 4.78 is 13.3. The molecule has 1 aromatic carbocycles. The molecule has 1 unspecified atom stereocenters. The first-order chi connectivity index (χ1) is 6.77. The van der Waals surface area contributed by atoms with E-state index in [1.54, 1.807) is 6.07 Å². The number of halogens is 1. The van der Waals surface area contributed by atoms with Crippen LogP contribution in [0, 0.1) is 5.82 Å². The van der Waals surface area contributed by atoms with Crippen molar-refractivity contribution in [3.05, 3.63) is 48.3 Å². The van der Waals surface area contributed by atoms with Crippen LogP contribution in [0.4, 0.5) is 4.39 Å². The Morgan fingerprint density at radius 2 is 2.21 bits per heavy atom. The molecule has 0 bridgehead atoms. The zero-order chi connectivity index (χ0) is 10.4. The lowest BCUT2D eigenvalue weighted by Crippen LogP contribution is -2.28. The minimum atomic E-state index is -0.141. The average molecular weight is 193 g/mol. The summed E-state index contributed by atoms with van der Waals surface area (Å²) in [5.74, 6) is -0.141. The van der Waals surface area contributed by atoms with Crippen molar-refractivity contribution < 1.29 is 4.39 Å². The Morgan fingerprint density at radius 3 is 2.79 bits per heavy atom. The Kier molecular flexibility index (Phi) is 4.33. The van der Waals surface area contributed by atoms with Gasteiger partial charge in [0.25, 0.3) is 0 Å². The first-order valence-electron chi connectivity index (χ1n) is 4.87. The molecule has 0 spiro atoms. The van der Waals surface area contributed by atoms with Gasteiger partial charge >= 0.3 is 0 Å². The van der Waals surface area contributed by atoms with Crippen LogP contribution in [0.5, 0.6) is 0 Å². The maximum Gasteiger partial charge on any atom is 0.126 e. The molecule has 1 atom stereocenters. The van der Waals surface area contributed by atoms with Crippen LogP contribution >= 0.6 is 0 Å². The number of benzene rings is 1. The van der Waals surface area contributed by atoms with Gasteiger partial charge in [-0.3, -0.25) is 0 Å². The third-order valence-corrected chi connectivity index (χ3v) is 2.15. The molecule has 1 N–H and O–H groups in total. The molecule has 76 valence electrons. The summed E-state index contributed by atoms with van der Waals surface area (Å²) >= 11 is 0. The molecule has 0 saturated heterocycles. The second kappa shape index (κ2) is 5.55. The van der Waals surface area contributed by atoms with Gasteiger partial charge in [-0.05, 0) is 24.6 Å². The number of likely N-dealkylation sites (N-methyl/N-ethyl adjacent to an activating group) is 1. The monoisotopic (exact) mass is 193 g/mol. The lowest BCUT2D eigenvalue weighted by atomic mass is 10.1. The number of rotatable bonds is 5. The summed E-state index contributed by atoms with van der Waals surface area (Å²) in [6.45, 7) is 6.61. The summed E-state index contributed by atoms with van der Waals surface area (Å²) in [4.78, 5) is 0. The first kappa shape index (κ1) is 10.9. The molecule has 0 fully saturated rings. The largest absolute Gasteiger partial charge is 0.310 e. The smallest absolute Gasteiger partial charge is 0.126 e. The standard InChI is InChI=1S/C12H16FN/c1-3-11(14-4-2)9-10-7-5-6-8-12(10)13/h3,5-8,11,14H,1,4,9H2,2H3. The minimum absolute atomic E-state index is 0.141. The zero-order valence-electron chi connectivity index (χ0n) is 8.46. The van der Waals surface area contributed by atoms with Crippen molar-refractivity contribution >= 4 is 0 Å². The molecule has 2 heteroatoms. The Labute approximate surface area is 84.6 Å². The van der Waals surface area contributed by atoms with Gasteiger partial charge in [-0.25, -0.2) is 4.39 Å². The molecule has 1 aromatic rings. The van der Waals surface area contributed by atoms with E-state index < -0.39 is 0 Å². The van der Waals surface area contributed by atoms with Crippen LogP contribution in [0.2, 0.25) is 0 Å².